The highest BCUT2D eigenvalue weighted by atomic mass is 35.5. The fourth-order valence-corrected chi connectivity index (χ4v) is 3.49. The van der Waals surface area contributed by atoms with Crippen LogP contribution in [0.15, 0.2) is 66.7 Å². The Bertz CT molecular complexity index is 1180. The summed E-state index contributed by atoms with van der Waals surface area (Å²) < 4.78 is 11.0. The normalized spacial score (nSPS) is 10.2. The standard InChI is InChI=1S/C25H24ClN3O4S/c1-3-32-19-12-16(13-20(15-19)33-4-2)23(30)29-25(34)28-18-9-7-8-17(14-18)27-24(31)21-10-5-6-11-22(21)26/h5-15H,3-4H2,1-2H3,(H,27,31)(H2,28,29,30,34). The number of ether oxygens (including phenoxy) is 2. The maximum Gasteiger partial charge on any atom is 0.257 e. The number of amides is 2. The molecule has 7 nitrogen and oxygen atoms in total. The van der Waals surface area contributed by atoms with Crippen LogP contribution in [0.4, 0.5) is 11.4 Å². The monoisotopic (exact) mass is 497 g/mol. The van der Waals surface area contributed by atoms with E-state index < -0.39 is 5.91 Å². The summed E-state index contributed by atoms with van der Waals surface area (Å²) in [5, 5.41) is 8.84. The molecule has 9 heteroatoms. The molecule has 0 spiro atoms. The fraction of sp³-hybridized carbons (Fsp3) is 0.160. The lowest BCUT2D eigenvalue weighted by Crippen LogP contribution is -2.34. The highest BCUT2D eigenvalue weighted by Crippen LogP contribution is 2.23. The molecule has 3 aromatic rings. The number of thiocarbonyl (C=S) groups is 1. The van der Waals surface area contributed by atoms with E-state index in [9.17, 15) is 9.59 Å². The first kappa shape index (κ1) is 25.0. The first-order chi connectivity index (χ1) is 16.4. The molecule has 3 rings (SSSR count). The van der Waals surface area contributed by atoms with Crippen molar-refractivity contribution in [2.24, 2.45) is 0 Å². The van der Waals surface area contributed by atoms with Gasteiger partial charge < -0.3 is 20.1 Å². The van der Waals surface area contributed by atoms with Crippen molar-refractivity contribution in [3.8, 4) is 11.5 Å². The van der Waals surface area contributed by atoms with Crippen molar-refractivity contribution in [1.82, 2.24) is 5.32 Å². The maximum atomic E-state index is 12.7. The highest BCUT2D eigenvalue weighted by molar-refractivity contribution is 7.80. The molecule has 0 saturated heterocycles. The third-order valence-electron chi connectivity index (χ3n) is 4.49. The van der Waals surface area contributed by atoms with Crippen molar-refractivity contribution in [1.29, 1.82) is 0 Å². The Morgan fingerprint density at radius 2 is 1.44 bits per heavy atom. The number of benzene rings is 3. The second-order valence-corrected chi connectivity index (χ2v) is 7.80. The van der Waals surface area contributed by atoms with Gasteiger partial charge in [-0.3, -0.25) is 14.9 Å². The molecule has 2 amide bonds. The van der Waals surface area contributed by atoms with Crippen LogP contribution in [-0.2, 0) is 0 Å². The summed E-state index contributed by atoms with van der Waals surface area (Å²) in [6.45, 7) is 4.63. The molecule has 34 heavy (non-hydrogen) atoms. The number of nitrogens with one attached hydrogen (secondary N) is 3. The molecule has 0 heterocycles. The van der Waals surface area contributed by atoms with Crippen LogP contribution in [0.1, 0.15) is 34.6 Å². The molecule has 0 bridgehead atoms. The largest absolute Gasteiger partial charge is 0.494 e. The van der Waals surface area contributed by atoms with E-state index >= 15 is 0 Å². The summed E-state index contributed by atoms with van der Waals surface area (Å²) in [4.78, 5) is 25.2. The van der Waals surface area contributed by atoms with E-state index in [1.54, 1.807) is 66.7 Å². The zero-order chi connectivity index (χ0) is 24.5. The van der Waals surface area contributed by atoms with Crippen LogP contribution in [0, 0.1) is 0 Å². The number of rotatable bonds is 8. The number of anilines is 2. The third-order valence-corrected chi connectivity index (χ3v) is 5.02. The minimum absolute atomic E-state index is 0.0966. The van der Waals surface area contributed by atoms with Crippen LogP contribution < -0.4 is 25.4 Å². The molecule has 0 unspecified atom stereocenters. The average molecular weight is 498 g/mol. The van der Waals surface area contributed by atoms with Gasteiger partial charge in [0.15, 0.2) is 5.11 Å². The van der Waals surface area contributed by atoms with Gasteiger partial charge in [-0.05, 0) is 68.5 Å². The zero-order valence-electron chi connectivity index (χ0n) is 18.7. The van der Waals surface area contributed by atoms with Crippen molar-refractivity contribution in [2.75, 3.05) is 23.8 Å². The Labute approximate surface area is 208 Å². The molecule has 176 valence electrons. The Morgan fingerprint density at radius 3 is 2.06 bits per heavy atom. The van der Waals surface area contributed by atoms with Gasteiger partial charge >= 0.3 is 0 Å². The third kappa shape index (κ3) is 6.94. The van der Waals surface area contributed by atoms with Gasteiger partial charge in [0.25, 0.3) is 11.8 Å². The summed E-state index contributed by atoms with van der Waals surface area (Å²) in [7, 11) is 0. The van der Waals surface area contributed by atoms with E-state index in [-0.39, 0.29) is 11.0 Å². The number of carbonyl (C=O) groups is 2. The van der Waals surface area contributed by atoms with Gasteiger partial charge in [-0.15, -0.1) is 0 Å². The summed E-state index contributed by atoms with van der Waals surface area (Å²) in [6, 6.07) is 18.7. The maximum absolute atomic E-state index is 12.7. The van der Waals surface area contributed by atoms with E-state index in [1.807, 2.05) is 13.8 Å². The number of carbonyl (C=O) groups excluding carboxylic acids is 2. The van der Waals surface area contributed by atoms with Crippen LogP contribution in [0.5, 0.6) is 11.5 Å². The fourth-order valence-electron chi connectivity index (χ4n) is 3.06. The van der Waals surface area contributed by atoms with Gasteiger partial charge in [0.2, 0.25) is 0 Å². The lowest BCUT2D eigenvalue weighted by atomic mass is 10.2. The molecular weight excluding hydrogens is 474 g/mol. The molecule has 0 aliphatic carbocycles. The highest BCUT2D eigenvalue weighted by Gasteiger charge is 2.13. The van der Waals surface area contributed by atoms with Gasteiger partial charge in [0.05, 0.1) is 23.8 Å². The van der Waals surface area contributed by atoms with Crippen molar-refractivity contribution >= 4 is 52.1 Å². The molecule has 0 aliphatic heterocycles. The van der Waals surface area contributed by atoms with Crippen molar-refractivity contribution < 1.29 is 19.1 Å². The minimum atomic E-state index is -0.414. The van der Waals surface area contributed by atoms with Crippen LogP contribution >= 0.6 is 23.8 Å². The van der Waals surface area contributed by atoms with E-state index in [4.69, 9.17) is 33.3 Å². The van der Waals surface area contributed by atoms with E-state index in [0.717, 1.165) is 0 Å². The lowest BCUT2D eigenvalue weighted by molar-refractivity contribution is 0.0975. The van der Waals surface area contributed by atoms with Crippen LogP contribution in [-0.4, -0.2) is 30.1 Å². The zero-order valence-corrected chi connectivity index (χ0v) is 20.3. The Morgan fingerprint density at radius 1 is 0.824 bits per heavy atom. The first-order valence-corrected chi connectivity index (χ1v) is 11.4. The molecule has 0 atom stereocenters. The van der Waals surface area contributed by atoms with E-state index in [0.29, 0.717) is 52.2 Å². The van der Waals surface area contributed by atoms with Crippen LogP contribution in [0.2, 0.25) is 5.02 Å². The Balaban J connectivity index is 1.65. The first-order valence-electron chi connectivity index (χ1n) is 10.6. The van der Waals surface area contributed by atoms with Gasteiger partial charge in [-0.25, -0.2) is 0 Å². The molecule has 0 saturated carbocycles. The molecule has 0 radical (unpaired) electrons. The summed E-state index contributed by atoms with van der Waals surface area (Å²) in [5.74, 6) is 0.306. The topological polar surface area (TPSA) is 88.7 Å². The Kier molecular flexibility index (Phi) is 8.84. The van der Waals surface area contributed by atoms with E-state index in [1.165, 1.54) is 0 Å². The molecule has 0 fully saturated rings. The van der Waals surface area contributed by atoms with Crippen molar-refractivity contribution in [2.45, 2.75) is 13.8 Å². The predicted molar refractivity (Wildman–Crippen MR) is 138 cm³/mol. The second kappa shape index (κ2) is 12.0. The number of halogens is 1. The molecule has 3 N–H and O–H groups in total. The van der Waals surface area contributed by atoms with Crippen molar-refractivity contribution in [3.63, 3.8) is 0 Å². The van der Waals surface area contributed by atoms with Crippen LogP contribution in [0.3, 0.4) is 0 Å². The number of hydrogen-bond acceptors (Lipinski definition) is 5. The SMILES string of the molecule is CCOc1cc(OCC)cc(C(=O)NC(=S)Nc2cccc(NC(=O)c3ccccc3Cl)c2)c1. The van der Waals surface area contributed by atoms with Crippen LogP contribution in [0.25, 0.3) is 0 Å². The minimum Gasteiger partial charge on any atom is -0.494 e. The summed E-state index contributed by atoms with van der Waals surface area (Å²) in [5.41, 5.74) is 1.83. The van der Waals surface area contributed by atoms with Gasteiger partial charge in [-0.2, -0.15) is 0 Å². The van der Waals surface area contributed by atoms with E-state index in [2.05, 4.69) is 16.0 Å². The lowest BCUT2D eigenvalue weighted by Gasteiger charge is -2.13. The van der Waals surface area contributed by atoms with Crippen molar-refractivity contribution in [3.05, 3.63) is 82.9 Å². The molecule has 3 aromatic carbocycles. The van der Waals surface area contributed by atoms with Gasteiger partial charge in [0, 0.05) is 23.0 Å². The molecule has 0 aliphatic rings. The van der Waals surface area contributed by atoms with Gasteiger partial charge in [-0.1, -0.05) is 29.8 Å². The Hall–Kier alpha value is -3.62. The van der Waals surface area contributed by atoms with Gasteiger partial charge in [0.1, 0.15) is 11.5 Å². The molecular formula is C25H24ClN3O4S. The number of hydrogen-bond donors (Lipinski definition) is 3. The smallest absolute Gasteiger partial charge is 0.257 e. The molecule has 0 aromatic heterocycles. The predicted octanol–water partition coefficient (Wildman–Crippen LogP) is 5.52. The quantitative estimate of drug-likeness (QED) is 0.355. The summed E-state index contributed by atoms with van der Waals surface area (Å²) in [6.07, 6.45) is 0. The summed E-state index contributed by atoms with van der Waals surface area (Å²) >= 11 is 11.4. The average Bonchev–Trinajstić information content (AvgIpc) is 2.79. The second-order valence-electron chi connectivity index (χ2n) is 6.98.